The minimum Gasteiger partial charge on any atom is -0.481 e. The molecule has 31 heavy (non-hydrogen) atoms. The molecule has 2 aromatic rings. The highest BCUT2D eigenvalue weighted by atomic mass is 35.5. The lowest BCUT2D eigenvalue weighted by Crippen LogP contribution is -2.46. The number of hydrogen-bond donors (Lipinski definition) is 2. The van der Waals surface area contributed by atoms with Gasteiger partial charge in [-0.05, 0) is 61.4 Å². The molecule has 1 aliphatic heterocycles. The number of nitrogens with one attached hydrogen (secondary N) is 1. The summed E-state index contributed by atoms with van der Waals surface area (Å²) in [6.07, 6.45) is 4.58. The normalized spacial score (nSPS) is 21.1. The van der Waals surface area contributed by atoms with Crippen molar-refractivity contribution in [3.63, 3.8) is 0 Å². The third-order valence-corrected chi connectivity index (χ3v) is 6.31. The molecule has 2 aromatic carbocycles. The fourth-order valence-corrected chi connectivity index (χ4v) is 4.37. The second-order valence-electron chi connectivity index (χ2n) is 7.98. The van der Waals surface area contributed by atoms with Crippen molar-refractivity contribution in [3.8, 4) is 0 Å². The van der Waals surface area contributed by atoms with Crippen LogP contribution in [0.4, 0.5) is 17.1 Å². The molecule has 162 valence electrons. The Morgan fingerprint density at radius 3 is 1.81 bits per heavy atom. The van der Waals surface area contributed by atoms with Gasteiger partial charge in [-0.15, -0.1) is 0 Å². The maximum atomic E-state index is 12.6. The summed E-state index contributed by atoms with van der Waals surface area (Å²) >= 11 is 5.98. The number of piperazine rings is 1. The molecular formula is C24H26ClN3O3. The lowest BCUT2D eigenvalue weighted by molar-refractivity contribution is -0.146. The summed E-state index contributed by atoms with van der Waals surface area (Å²) in [4.78, 5) is 28.7. The number of carbonyl (C=O) groups excluding carboxylic acids is 1. The van der Waals surface area contributed by atoms with Crippen molar-refractivity contribution in [3.05, 3.63) is 65.7 Å². The zero-order valence-electron chi connectivity index (χ0n) is 17.2. The molecule has 0 radical (unpaired) electrons. The van der Waals surface area contributed by atoms with Gasteiger partial charge in [0.05, 0.1) is 11.8 Å². The summed E-state index contributed by atoms with van der Waals surface area (Å²) in [5.41, 5.74) is 2.98. The Morgan fingerprint density at radius 2 is 1.29 bits per heavy atom. The summed E-state index contributed by atoms with van der Waals surface area (Å²) in [6, 6.07) is 15.7. The number of nitrogens with zero attached hydrogens (tertiary/aromatic N) is 2. The highest BCUT2D eigenvalue weighted by Crippen LogP contribution is 2.28. The van der Waals surface area contributed by atoms with Crippen molar-refractivity contribution >= 4 is 40.5 Å². The summed E-state index contributed by atoms with van der Waals surface area (Å²) in [6.45, 7) is 3.66. The van der Waals surface area contributed by atoms with Crippen molar-refractivity contribution in [2.45, 2.75) is 12.8 Å². The number of halogens is 1. The van der Waals surface area contributed by atoms with Gasteiger partial charge >= 0.3 is 5.97 Å². The minimum atomic E-state index is -0.919. The van der Waals surface area contributed by atoms with Gasteiger partial charge in [-0.25, -0.2) is 0 Å². The zero-order chi connectivity index (χ0) is 21.8. The van der Waals surface area contributed by atoms with E-state index in [0.717, 1.165) is 36.9 Å². The molecule has 1 aliphatic carbocycles. The number of anilines is 3. The molecule has 6 nitrogen and oxygen atoms in total. The monoisotopic (exact) mass is 439 g/mol. The van der Waals surface area contributed by atoms with Crippen LogP contribution >= 0.6 is 11.6 Å². The Hall–Kier alpha value is -2.99. The number of carboxylic acid groups (broad SMARTS) is 1. The van der Waals surface area contributed by atoms with Crippen LogP contribution in [-0.2, 0) is 9.59 Å². The minimum absolute atomic E-state index is 0.235. The fourth-order valence-electron chi connectivity index (χ4n) is 4.24. The topological polar surface area (TPSA) is 72.9 Å². The van der Waals surface area contributed by atoms with E-state index in [1.54, 1.807) is 0 Å². The standard InChI is InChI=1S/C24H26ClN3O3/c25-17-5-9-19(10-6-17)27-13-15-28(16-14-27)20-11-7-18(8-12-20)26-23(29)21-3-1-2-4-22(21)24(30)31/h1-2,5-12,21-22H,3-4,13-16H2,(H,26,29)(H,30,31)/t21-,22-/m0/s1. The molecule has 2 aliphatic rings. The summed E-state index contributed by atoms with van der Waals surface area (Å²) in [5, 5.41) is 13.0. The predicted molar refractivity (Wildman–Crippen MR) is 124 cm³/mol. The SMILES string of the molecule is O=C(O)[C@H]1CC=CC[C@@H]1C(=O)Nc1ccc(N2CCN(c3ccc(Cl)cc3)CC2)cc1. The fraction of sp³-hybridized carbons (Fsp3) is 0.333. The number of rotatable bonds is 5. The number of carboxylic acids is 1. The molecule has 0 saturated carbocycles. The van der Waals surface area contributed by atoms with Gasteiger partial charge in [0.15, 0.2) is 0 Å². The molecule has 0 spiro atoms. The third kappa shape index (κ3) is 5.02. The van der Waals surface area contributed by atoms with Crippen LogP contribution in [0.1, 0.15) is 12.8 Å². The Morgan fingerprint density at radius 1 is 0.806 bits per heavy atom. The van der Waals surface area contributed by atoms with E-state index in [0.29, 0.717) is 18.5 Å². The number of amides is 1. The van der Waals surface area contributed by atoms with Gasteiger partial charge in [0.25, 0.3) is 0 Å². The summed E-state index contributed by atoms with van der Waals surface area (Å²) in [5.74, 6) is -2.36. The molecule has 4 rings (SSSR count). The van der Waals surface area contributed by atoms with Crippen LogP contribution in [-0.4, -0.2) is 43.2 Å². The average Bonchev–Trinajstić information content (AvgIpc) is 2.80. The van der Waals surface area contributed by atoms with Gasteiger partial charge < -0.3 is 20.2 Å². The number of hydrogen-bond acceptors (Lipinski definition) is 4. The molecule has 1 fully saturated rings. The van der Waals surface area contributed by atoms with E-state index in [9.17, 15) is 14.7 Å². The smallest absolute Gasteiger partial charge is 0.307 e. The number of benzene rings is 2. The highest BCUT2D eigenvalue weighted by Gasteiger charge is 2.34. The van der Waals surface area contributed by atoms with Crippen molar-refractivity contribution in [1.82, 2.24) is 0 Å². The Kier molecular flexibility index (Phi) is 6.47. The van der Waals surface area contributed by atoms with Crippen LogP contribution in [0.5, 0.6) is 0 Å². The van der Waals surface area contributed by atoms with Crippen LogP contribution in [0.15, 0.2) is 60.7 Å². The van der Waals surface area contributed by atoms with Gasteiger partial charge in [0.2, 0.25) is 5.91 Å². The van der Waals surface area contributed by atoms with Gasteiger partial charge in [-0.2, -0.15) is 0 Å². The molecular weight excluding hydrogens is 414 g/mol. The quantitative estimate of drug-likeness (QED) is 0.680. The van der Waals surface area contributed by atoms with Crippen LogP contribution in [0.25, 0.3) is 0 Å². The first-order valence-electron chi connectivity index (χ1n) is 10.6. The lowest BCUT2D eigenvalue weighted by atomic mass is 9.82. The van der Waals surface area contributed by atoms with Crippen LogP contribution < -0.4 is 15.1 Å². The summed E-state index contributed by atoms with van der Waals surface area (Å²) < 4.78 is 0. The van der Waals surface area contributed by atoms with Gasteiger partial charge in [0, 0.05) is 48.3 Å². The van der Waals surface area contributed by atoms with E-state index in [2.05, 4.69) is 15.1 Å². The number of allylic oxidation sites excluding steroid dienone is 2. The second kappa shape index (κ2) is 9.43. The Labute approximate surface area is 187 Å². The van der Waals surface area contributed by atoms with Gasteiger partial charge in [-0.1, -0.05) is 23.8 Å². The first-order valence-corrected chi connectivity index (χ1v) is 10.9. The molecule has 1 saturated heterocycles. The molecule has 0 unspecified atom stereocenters. The van der Waals surface area contributed by atoms with Crippen molar-refractivity contribution in [2.75, 3.05) is 41.3 Å². The molecule has 2 N–H and O–H groups in total. The van der Waals surface area contributed by atoms with E-state index in [1.807, 2.05) is 60.7 Å². The number of carbonyl (C=O) groups is 2. The van der Waals surface area contributed by atoms with Gasteiger partial charge in [0.1, 0.15) is 0 Å². The van der Waals surface area contributed by atoms with E-state index in [1.165, 1.54) is 5.69 Å². The molecule has 0 bridgehead atoms. The molecule has 1 heterocycles. The second-order valence-corrected chi connectivity index (χ2v) is 8.42. The molecule has 7 heteroatoms. The molecule has 0 aromatic heterocycles. The molecule has 2 atom stereocenters. The maximum absolute atomic E-state index is 12.6. The van der Waals surface area contributed by atoms with E-state index >= 15 is 0 Å². The summed E-state index contributed by atoms with van der Waals surface area (Å²) in [7, 11) is 0. The van der Waals surface area contributed by atoms with Crippen molar-refractivity contribution in [2.24, 2.45) is 11.8 Å². The predicted octanol–water partition coefficient (Wildman–Crippen LogP) is 4.27. The third-order valence-electron chi connectivity index (χ3n) is 6.06. The maximum Gasteiger partial charge on any atom is 0.307 e. The van der Waals surface area contributed by atoms with Gasteiger partial charge in [-0.3, -0.25) is 9.59 Å². The molecule has 1 amide bonds. The largest absolute Gasteiger partial charge is 0.481 e. The number of aliphatic carboxylic acids is 1. The first kappa shape index (κ1) is 21.2. The van der Waals surface area contributed by atoms with E-state index in [-0.39, 0.29) is 5.91 Å². The van der Waals surface area contributed by atoms with Crippen LogP contribution in [0.2, 0.25) is 5.02 Å². The first-order chi connectivity index (χ1) is 15.0. The van der Waals surface area contributed by atoms with Crippen molar-refractivity contribution < 1.29 is 14.7 Å². The highest BCUT2D eigenvalue weighted by molar-refractivity contribution is 6.30. The van der Waals surface area contributed by atoms with Crippen LogP contribution in [0, 0.1) is 11.8 Å². The Balaban J connectivity index is 1.33. The Bertz CT molecular complexity index is 951. The van der Waals surface area contributed by atoms with Crippen molar-refractivity contribution in [1.29, 1.82) is 0 Å². The van der Waals surface area contributed by atoms with E-state index in [4.69, 9.17) is 11.6 Å². The van der Waals surface area contributed by atoms with E-state index < -0.39 is 17.8 Å². The average molecular weight is 440 g/mol. The lowest BCUT2D eigenvalue weighted by Gasteiger charge is -2.37. The zero-order valence-corrected chi connectivity index (χ0v) is 18.0. The van der Waals surface area contributed by atoms with Crippen LogP contribution in [0.3, 0.4) is 0 Å².